The fraction of sp³-hybridized carbons (Fsp3) is 0.267. The largest absolute Gasteiger partial charge is 0.326 e. The molecular formula is C15H17N3O. The molecule has 0 saturated carbocycles. The number of carbonyl (C=O) groups excluding carboxylic acids is 1. The fourth-order valence-electron chi connectivity index (χ4n) is 2.50. The van der Waals surface area contributed by atoms with Crippen molar-refractivity contribution in [2.24, 2.45) is 5.73 Å². The van der Waals surface area contributed by atoms with Crippen molar-refractivity contribution in [1.29, 1.82) is 0 Å². The van der Waals surface area contributed by atoms with Crippen molar-refractivity contribution in [2.75, 3.05) is 18.4 Å². The van der Waals surface area contributed by atoms with E-state index in [9.17, 15) is 4.79 Å². The number of anilines is 1. The van der Waals surface area contributed by atoms with E-state index in [-0.39, 0.29) is 12.1 Å². The molecule has 1 aliphatic heterocycles. The maximum Gasteiger partial charge on any atom is 0.321 e. The molecule has 98 valence electrons. The van der Waals surface area contributed by atoms with Crippen LogP contribution in [0.15, 0.2) is 42.5 Å². The molecule has 4 nitrogen and oxygen atoms in total. The molecule has 19 heavy (non-hydrogen) atoms. The Bertz CT molecular complexity index is 606. The van der Waals surface area contributed by atoms with Crippen molar-refractivity contribution in [3.63, 3.8) is 0 Å². The molecule has 1 fully saturated rings. The molecule has 0 spiro atoms. The van der Waals surface area contributed by atoms with E-state index in [2.05, 4.69) is 5.32 Å². The van der Waals surface area contributed by atoms with E-state index in [1.165, 1.54) is 0 Å². The molecule has 0 radical (unpaired) electrons. The minimum absolute atomic E-state index is 0.0655. The summed E-state index contributed by atoms with van der Waals surface area (Å²) >= 11 is 0. The van der Waals surface area contributed by atoms with Crippen LogP contribution in [0.1, 0.15) is 6.42 Å². The first-order valence-electron chi connectivity index (χ1n) is 6.53. The van der Waals surface area contributed by atoms with Crippen molar-refractivity contribution in [2.45, 2.75) is 12.5 Å². The zero-order valence-electron chi connectivity index (χ0n) is 10.7. The number of hydrogen-bond acceptors (Lipinski definition) is 2. The van der Waals surface area contributed by atoms with Gasteiger partial charge in [-0.3, -0.25) is 0 Å². The molecule has 1 saturated heterocycles. The van der Waals surface area contributed by atoms with Gasteiger partial charge in [0.2, 0.25) is 0 Å². The minimum Gasteiger partial charge on any atom is -0.326 e. The van der Waals surface area contributed by atoms with E-state index < -0.39 is 0 Å². The van der Waals surface area contributed by atoms with E-state index in [1.807, 2.05) is 42.5 Å². The average molecular weight is 255 g/mol. The Hall–Kier alpha value is -2.07. The van der Waals surface area contributed by atoms with E-state index in [0.29, 0.717) is 6.54 Å². The van der Waals surface area contributed by atoms with Crippen LogP contribution in [0.25, 0.3) is 10.8 Å². The first kappa shape index (κ1) is 12.0. The van der Waals surface area contributed by atoms with Crippen molar-refractivity contribution < 1.29 is 4.79 Å². The number of urea groups is 1. The van der Waals surface area contributed by atoms with Gasteiger partial charge in [-0.1, -0.05) is 36.4 Å². The Morgan fingerprint density at radius 3 is 2.79 bits per heavy atom. The van der Waals surface area contributed by atoms with Gasteiger partial charge in [-0.25, -0.2) is 4.79 Å². The number of nitrogens with zero attached hydrogens (tertiary/aromatic N) is 1. The molecule has 0 bridgehead atoms. The SMILES string of the molecule is N[C@@H]1CCN(C(=O)Nc2cccc3ccccc23)C1. The van der Waals surface area contributed by atoms with Gasteiger partial charge in [0.1, 0.15) is 0 Å². The Morgan fingerprint density at radius 2 is 2.00 bits per heavy atom. The Morgan fingerprint density at radius 1 is 1.21 bits per heavy atom. The van der Waals surface area contributed by atoms with E-state index >= 15 is 0 Å². The van der Waals surface area contributed by atoms with Crippen LogP contribution in [-0.4, -0.2) is 30.1 Å². The topological polar surface area (TPSA) is 58.4 Å². The molecule has 1 aliphatic rings. The summed E-state index contributed by atoms with van der Waals surface area (Å²) in [5.74, 6) is 0. The van der Waals surface area contributed by atoms with E-state index in [4.69, 9.17) is 5.73 Å². The maximum atomic E-state index is 12.2. The van der Waals surface area contributed by atoms with Crippen molar-refractivity contribution >= 4 is 22.5 Å². The summed E-state index contributed by atoms with van der Waals surface area (Å²) < 4.78 is 0. The second-order valence-electron chi connectivity index (χ2n) is 4.95. The number of hydrogen-bond donors (Lipinski definition) is 2. The molecule has 2 aromatic rings. The molecule has 3 rings (SSSR count). The number of nitrogens with one attached hydrogen (secondary N) is 1. The summed E-state index contributed by atoms with van der Waals surface area (Å²) in [7, 11) is 0. The van der Waals surface area contributed by atoms with Crippen LogP contribution < -0.4 is 11.1 Å². The molecule has 0 aliphatic carbocycles. The zero-order chi connectivity index (χ0) is 13.2. The molecule has 1 heterocycles. The fourth-order valence-corrected chi connectivity index (χ4v) is 2.50. The highest BCUT2D eigenvalue weighted by Crippen LogP contribution is 2.23. The predicted octanol–water partition coefficient (Wildman–Crippen LogP) is 2.40. The van der Waals surface area contributed by atoms with Gasteiger partial charge in [0.15, 0.2) is 0 Å². The van der Waals surface area contributed by atoms with Crippen molar-refractivity contribution in [3.8, 4) is 0 Å². The number of fused-ring (bicyclic) bond motifs is 1. The third-order valence-corrected chi connectivity index (χ3v) is 3.54. The first-order chi connectivity index (χ1) is 9.24. The van der Waals surface area contributed by atoms with E-state index in [1.54, 1.807) is 4.90 Å². The standard InChI is InChI=1S/C15H17N3O/c16-12-8-9-18(10-12)15(19)17-14-7-3-5-11-4-1-2-6-13(11)14/h1-7,12H,8-10,16H2,(H,17,19)/t12-/m1/s1. The van der Waals surface area contributed by atoms with Gasteiger partial charge in [0, 0.05) is 24.5 Å². The number of carbonyl (C=O) groups is 1. The predicted molar refractivity (Wildman–Crippen MR) is 77.1 cm³/mol. The Labute approximate surface area is 112 Å². The lowest BCUT2D eigenvalue weighted by molar-refractivity contribution is 0.222. The molecule has 2 aromatic carbocycles. The lowest BCUT2D eigenvalue weighted by Crippen LogP contribution is -2.35. The second kappa shape index (κ2) is 4.90. The zero-order valence-corrected chi connectivity index (χ0v) is 10.7. The second-order valence-corrected chi connectivity index (χ2v) is 4.95. The molecule has 1 atom stereocenters. The Kier molecular flexibility index (Phi) is 3.09. The number of amides is 2. The monoisotopic (exact) mass is 255 g/mol. The first-order valence-corrected chi connectivity index (χ1v) is 6.53. The summed E-state index contributed by atoms with van der Waals surface area (Å²) in [5.41, 5.74) is 6.68. The summed E-state index contributed by atoms with van der Waals surface area (Å²) in [6, 6.07) is 14.0. The Balaban J connectivity index is 1.83. The summed E-state index contributed by atoms with van der Waals surface area (Å²) in [5, 5.41) is 5.16. The van der Waals surface area contributed by atoms with Gasteiger partial charge < -0.3 is 16.0 Å². The molecule has 0 unspecified atom stereocenters. The number of benzene rings is 2. The van der Waals surface area contributed by atoms with Crippen LogP contribution in [0.3, 0.4) is 0 Å². The van der Waals surface area contributed by atoms with Crippen LogP contribution in [-0.2, 0) is 0 Å². The van der Waals surface area contributed by atoms with Gasteiger partial charge in [0.05, 0.1) is 5.69 Å². The lowest BCUT2D eigenvalue weighted by Gasteiger charge is -2.17. The molecule has 3 N–H and O–H groups in total. The van der Waals surface area contributed by atoms with Gasteiger partial charge in [-0.05, 0) is 17.9 Å². The van der Waals surface area contributed by atoms with Crippen LogP contribution in [0.4, 0.5) is 10.5 Å². The number of likely N-dealkylation sites (tertiary alicyclic amines) is 1. The smallest absolute Gasteiger partial charge is 0.321 e. The lowest BCUT2D eigenvalue weighted by atomic mass is 10.1. The summed E-state index contributed by atoms with van der Waals surface area (Å²) in [4.78, 5) is 13.9. The highest BCUT2D eigenvalue weighted by atomic mass is 16.2. The molecule has 2 amide bonds. The normalized spacial score (nSPS) is 18.8. The third kappa shape index (κ3) is 2.39. The van der Waals surface area contributed by atoms with Crippen LogP contribution in [0.2, 0.25) is 0 Å². The highest BCUT2D eigenvalue weighted by Gasteiger charge is 2.23. The van der Waals surface area contributed by atoms with Crippen LogP contribution >= 0.6 is 0 Å². The van der Waals surface area contributed by atoms with Crippen molar-refractivity contribution in [3.05, 3.63) is 42.5 Å². The van der Waals surface area contributed by atoms with E-state index in [0.717, 1.165) is 29.4 Å². The van der Waals surface area contributed by atoms with Gasteiger partial charge >= 0.3 is 6.03 Å². The van der Waals surface area contributed by atoms with Gasteiger partial charge in [-0.2, -0.15) is 0 Å². The van der Waals surface area contributed by atoms with Crippen LogP contribution in [0.5, 0.6) is 0 Å². The average Bonchev–Trinajstić information content (AvgIpc) is 2.86. The number of nitrogens with two attached hydrogens (primary N) is 1. The summed E-state index contributed by atoms with van der Waals surface area (Å²) in [6.07, 6.45) is 0.878. The quantitative estimate of drug-likeness (QED) is 0.822. The maximum absolute atomic E-state index is 12.2. The van der Waals surface area contributed by atoms with Crippen molar-refractivity contribution in [1.82, 2.24) is 4.90 Å². The van der Waals surface area contributed by atoms with Crippen LogP contribution in [0, 0.1) is 0 Å². The summed E-state index contributed by atoms with van der Waals surface area (Å²) in [6.45, 7) is 1.37. The van der Waals surface area contributed by atoms with Gasteiger partial charge in [0.25, 0.3) is 0 Å². The molecule has 4 heteroatoms. The molecular weight excluding hydrogens is 238 g/mol. The minimum atomic E-state index is -0.0655. The highest BCUT2D eigenvalue weighted by molar-refractivity contribution is 6.01. The van der Waals surface area contributed by atoms with Gasteiger partial charge in [-0.15, -0.1) is 0 Å². The third-order valence-electron chi connectivity index (χ3n) is 3.54. The number of rotatable bonds is 1. The molecule has 0 aromatic heterocycles.